The molecule has 0 radical (unpaired) electrons. The molecule has 594 valence electrons. The van der Waals surface area contributed by atoms with Crippen molar-refractivity contribution in [2.75, 3.05) is 93.7 Å². The predicted octanol–water partition coefficient (Wildman–Crippen LogP) is 8.16. The number of carbonyl (C=O) groups is 5. The van der Waals surface area contributed by atoms with E-state index in [0.29, 0.717) is 93.1 Å². The number of rotatable bonds is 39. The first-order chi connectivity index (χ1) is 47.3. The summed E-state index contributed by atoms with van der Waals surface area (Å²) >= 11 is 0. The van der Waals surface area contributed by atoms with E-state index in [1.54, 1.807) is 27.7 Å². The van der Waals surface area contributed by atoms with E-state index in [1.807, 2.05) is 0 Å². The van der Waals surface area contributed by atoms with Crippen molar-refractivity contribution in [1.29, 1.82) is 5.26 Å². The average molecular weight is 1650 g/mol. The van der Waals surface area contributed by atoms with Gasteiger partial charge in [0.15, 0.2) is 29.5 Å². The number of nitrogens with two attached hydrogens (primary N) is 1. The largest absolute Gasteiger partial charge is 1.00 e. The van der Waals surface area contributed by atoms with Crippen molar-refractivity contribution in [2.24, 2.45) is 23.5 Å². The number of nitrogens with zero attached hydrogens (tertiary/aromatic N) is 2. The van der Waals surface area contributed by atoms with Crippen LogP contribution in [-0.2, 0) is 72.0 Å². The third kappa shape index (κ3) is 43.8. The predicted molar refractivity (Wildman–Crippen MR) is 389 cm³/mol. The number of halogens is 9. The Kier molecular flexibility index (Phi) is 49.7. The van der Waals surface area contributed by atoms with Gasteiger partial charge in [-0.3, -0.25) is 19.7 Å². The van der Waals surface area contributed by atoms with Gasteiger partial charge in [-0.1, -0.05) is 58.2 Å². The number of carbonyl (C=O) groups excluding carboxylic acids is 5. The van der Waals surface area contributed by atoms with Crippen LogP contribution in [0.4, 0.5) is 44.3 Å². The minimum absolute atomic E-state index is 0. The molecule has 0 unspecified atom stereocenters. The Labute approximate surface area is 674 Å². The number of Topliss-reactive ketones (excluding diaryl/α,β-unsaturated/α-hetero) is 1. The Morgan fingerprint density at radius 2 is 0.952 bits per heavy atom. The number of ether oxygens (including phenoxy) is 4. The number of esters is 1. The number of urea groups is 1. The summed E-state index contributed by atoms with van der Waals surface area (Å²) in [5, 5.41) is 20.2. The number of sulfone groups is 3. The minimum atomic E-state index is -4.55. The number of hydrogen-bond acceptors (Lipinski definition) is 19. The number of nitriles is 1. The monoisotopic (exact) mass is 1650 g/mol. The van der Waals surface area contributed by atoms with E-state index in [0.717, 1.165) is 82.4 Å². The van der Waals surface area contributed by atoms with Gasteiger partial charge in [-0.15, -0.1) is 0 Å². The maximum atomic E-state index is 13.3. The number of hydrogen-bond donors (Lipinski definition) is 3. The van der Waals surface area contributed by atoms with Crippen LogP contribution in [0.25, 0.3) is 0 Å². The van der Waals surface area contributed by atoms with Crippen LogP contribution in [0, 0.1) is 29.3 Å². The van der Waals surface area contributed by atoms with Crippen LogP contribution >= 0.6 is 40.5 Å². The molecule has 37 heteroatoms. The fraction of sp³-hybridized carbons (Fsp3) is 0.647. The van der Waals surface area contributed by atoms with E-state index >= 15 is 0 Å². The van der Waals surface area contributed by atoms with Crippen molar-refractivity contribution >= 4 is 100.0 Å². The first-order valence-corrected chi connectivity index (χ1v) is 39.0. The molecule has 3 aromatic rings. The van der Waals surface area contributed by atoms with Crippen LogP contribution in [0.2, 0.25) is 0 Å². The van der Waals surface area contributed by atoms with Crippen LogP contribution < -0.4 is 87.1 Å². The maximum absolute atomic E-state index is 13.3. The van der Waals surface area contributed by atoms with Gasteiger partial charge in [0.25, 0.3) is 0 Å². The molecule has 4 aliphatic rings. The molecule has 1 aliphatic heterocycles. The van der Waals surface area contributed by atoms with Crippen LogP contribution in [0.15, 0.2) is 54.6 Å². The van der Waals surface area contributed by atoms with Gasteiger partial charge >= 0.3 is 81.9 Å². The second-order valence-corrected chi connectivity index (χ2v) is 32.3. The molecule has 105 heavy (non-hydrogen) atoms. The second-order valence-electron chi connectivity index (χ2n) is 25.7. The van der Waals surface area contributed by atoms with Crippen molar-refractivity contribution < 1.29 is 164 Å². The number of amides is 3. The van der Waals surface area contributed by atoms with Crippen molar-refractivity contribution in [3.63, 3.8) is 0 Å². The molecule has 7 rings (SSSR count). The molecule has 3 aromatic carbocycles. The van der Waals surface area contributed by atoms with Crippen molar-refractivity contribution in [3.8, 4) is 23.5 Å². The quantitative estimate of drug-likeness (QED) is 0.00708. The zero-order valence-corrected chi connectivity index (χ0v) is 68.7. The average Bonchev–Trinajstić information content (AvgIpc) is 1.21. The fourth-order valence-corrected chi connectivity index (χ4v) is 15.3. The molecule has 3 amide bonds. The molecule has 3 aliphatic carbocycles. The van der Waals surface area contributed by atoms with Gasteiger partial charge < -0.3 is 40.0 Å². The topological polar surface area (TPSA) is 325 Å². The van der Waals surface area contributed by atoms with E-state index in [4.69, 9.17) is 30.3 Å². The Bertz CT molecular complexity index is 3530. The SMILES string of the molecule is CC(=O)CNCCCCCS(=O)(=O)C[C@@H](C)c1ccc(C(F)(F)F)c(OCC2CC2)c1.CCOC(=O)C=O.C[C@H](CS(=O)(=O)CCCCCN)c1ccc(C(F)(F)F)c(OCC2CC2)c1.C[C@H](CS(=O)(=O)CCCCCN1CC(=O)NC1=O)c1ccc(C(F)(F)F)c(OCC2CC2)c1.N#C[O-].S.S.S.[K+]. The maximum Gasteiger partial charge on any atom is 1.00 e. The van der Waals surface area contributed by atoms with Crippen molar-refractivity contribution in [3.05, 3.63) is 88.0 Å². The fourth-order valence-electron chi connectivity index (χ4n) is 10.1. The summed E-state index contributed by atoms with van der Waals surface area (Å²) in [6.07, 6.45) is -1.52. The molecule has 3 atom stereocenters. The standard InChI is InChI=1S/C22H29F3N2O5S.C22H32F3NO4S.C19H28F3NO3S.C4H6O3.CHNO.K.3H2S/c1-15(14-33(30,31)10-4-2-3-9-27-12-20(28)26-21(27)29)17-7-8-18(22(23,24)25)19(11-17)32-13-16-5-6-16;1-16(15-31(28,29)11-5-3-4-10-26-13-17(2)27)19-8-9-20(22(23,24)25)21(12-19)30-14-18-6-7-18;1-14(13-27(24,25)10-4-2-3-9-23)16-7-8-17(19(20,21)22)18(11-16)26-12-15-5-6-15;1-2-7-4(6)3-5;2-1-3;;;;/h7-8,11,15-16H,2-6,9-10,12-14H2,1H3,(H,26,28,29);8-9,12,16,18,26H,3-7,10-11,13-15H2,1-2H3;7-8,11,14-15H,2-6,9-10,12-13,23H2,1H3;3H,2H2,1H3;3H;;3*1H2/q;;;;;+1;;;/p-1/t15-;16-;14-;;;;;;/m111....../s1. The summed E-state index contributed by atoms with van der Waals surface area (Å²) < 4.78 is 214. The smallest absolute Gasteiger partial charge is 0.812 e. The molecule has 0 aromatic heterocycles. The number of ketones is 1. The molecule has 21 nitrogen and oxygen atoms in total. The second kappa shape index (κ2) is 50.7. The summed E-state index contributed by atoms with van der Waals surface area (Å²) in [5.41, 5.74) is 4.45. The van der Waals surface area contributed by atoms with E-state index in [1.165, 1.54) is 48.2 Å². The van der Waals surface area contributed by atoms with Gasteiger partial charge in [0.2, 0.25) is 12.2 Å². The molecule has 4 N–H and O–H groups in total. The molecular formula is C68H101F9KN5O16S6. The number of alkyl halides is 9. The number of unbranched alkanes of at least 4 members (excludes halogenated alkanes) is 6. The van der Waals surface area contributed by atoms with E-state index in [2.05, 4.69) is 15.4 Å². The van der Waals surface area contributed by atoms with Crippen LogP contribution in [0.3, 0.4) is 0 Å². The molecule has 0 bridgehead atoms. The Morgan fingerprint density at radius 1 is 0.619 bits per heavy atom. The van der Waals surface area contributed by atoms with Crippen LogP contribution in [-0.4, -0.2) is 154 Å². The van der Waals surface area contributed by atoms with Gasteiger partial charge in [-0.25, -0.2) is 40.1 Å². The van der Waals surface area contributed by atoms with E-state index in [-0.39, 0.29) is 201 Å². The van der Waals surface area contributed by atoms with Crippen LogP contribution in [0.5, 0.6) is 17.2 Å². The first-order valence-electron chi connectivity index (χ1n) is 33.5. The third-order valence-corrected chi connectivity index (χ3v) is 21.9. The third-order valence-electron chi connectivity index (χ3n) is 16.1. The van der Waals surface area contributed by atoms with Gasteiger partial charge in [0, 0.05) is 12.8 Å². The molecule has 0 spiro atoms. The summed E-state index contributed by atoms with van der Waals surface area (Å²) in [4.78, 5) is 54.1. The summed E-state index contributed by atoms with van der Waals surface area (Å²) in [5.74, 6) is -2.53. The summed E-state index contributed by atoms with van der Waals surface area (Å²) in [6, 6.07) is 10.5. The number of imide groups is 1. The Balaban J connectivity index is 0. The van der Waals surface area contributed by atoms with Crippen LogP contribution in [0.1, 0.15) is 182 Å². The molecule has 1 heterocycles. The minimum Gasteiger partial charge on any atom is -0.812 e. The van der Waals surface area contributed by atoms with Gasteiger partial charge in [-0.2, -0.15) is 80.0 Å². The first kappa shape index (κ1) is 103. The van der Waals surface area contributed by atoms with Gasteiger partial charge in [-0.05, 0) is 193 Å². The molecular weight excluding hydrogens is 1550 g/mol. The Morgan fingerprint density at radius 3 is 1.22 bits per heavy atom. The molecule has 1 saturated heterocycles. The number of benzene rings is 3. The van der Waals surface area contributed by atoms with E-state index in [9.17, 15) is 88.7 Å². The van der Waals surface area contributed by atoms with Crippen molar-refractivity contribution in [1.82, 2.24) is 15.5 Å². The summed E-state index contributed by atoms with van der Waals surface area (Å²) in [7, 11) is -10.0. The normalized spacial score (nSPS) is 15.0. The van der Waals surface area contributed by atoms with Gasteiger partial charge in [0.05, 0.1) is 84.2 Å². The zero-order valence-electron chi connectivity index (χ0n) is 60.1. The zero-order chi connectivity index (χ0) is 75.8. The van der Waals surface area contributed by atoms with Gasteiger partial charge in [0.1, 0.15) is 29.6 Å². The number of aldehydes is 1. The molecule has 3 saturated carbocycles. The van der Waals surface area contributed by atoms with E-state index < -0.39 is 94.5 Å². The summed E-state index contributed by atoms with van der Waals surface area (Å²) in [6.45, 7) is 11.1. The number of nitrogens with one attached hydrogen (secondary N) is 2. The van der Waals surface area contributed by atoms with Crippen molar-refractivity contribution in [2.45, 2.75) is 167 Å². The Hall–Kier alpha value is -4.07. The molecule has 4 fully saturated rings.